The van der Waals surface area contributed by atoms with E-state index in [0.29, 0.717) is 25.2 Å². The summed E-state index contributed by atoms with van der Waals surface area (Å²) in [4.78, 5) is 15.6. The maximum Gasteiger partial charge on any atom is 0.141 e. The molecule has 6 N–H and O–H groups in total. The van der Waals surface area contributed by atoms with Crippen LogP contribution in [0.3, 0.4) is 0 Å². The average Bonchev–Trinajstić information content (AvgIpc) is 3.00. The first-order valence-electron chi connectivity index (χ1n) is 20.7. The highest BCUT2D eigenvalue weighted by molar-refractivity contribution is 5.93. The molecule has 4 rings (SSSR count). The minimum Gasteiger partial charge on any atom is -0.351 e. The summed E-state index contributed by atoms with van der Waals surface area (Å²) in [5.74, 6) is 2.79. The largest absolute Gasteiger partial charge is 0.351 e. The topological polar surface area (TPSA) is 103 Å². The first-order chi connectivity index (χ1) is 23.9. The monoisotopic (exact) mass is 730 g/mol. The van der Waals surface area contributed by atoms with Gasteiger partial charge in [0.15, 0.2) is 0 Å². The van der Waals surface area contributed by atoms with Crippen LogP contribution in [0, 0.1) is 5.92 Å². The smallest absolute Gasteiger partial charge is 0.141 e. The summed E-state index contributed by atoms with van der Waals surface area (Å²) in [6.07, 6.45) is 12.8. The van der Waals surface area contributed by atoms with Crippen molar-refractivity contribution >= 4 is 5.84 Å². The van der Waals surface area contributed by atoms with Crippen molar-refractivity contribution in [3.05, 3.63) is 11.9 Å². The van der Waals surface area contributed by atoms with Crippen molar-refractivity contribution < 1.29 is 0 Å². The molecule has 0 aromatic rings. The summed E-state index contributed by atoms with van der Waals surface area (Å²) in [5.41, 5.74) is 17.6. The first kappa shape index (κ1) is 43.3. The van der Waals surface area contributed by atoms with Crippen LogP contribution in [-0.2, 0) is 0 Å². The highest BCUT2D eigenvalue weighted by atomic mass is 15.9. The van der Waals surface area contributed by atoms with Gasteiger partial charge in [0.05, 0.1) is 6.54 Å². The number of rotatable bonds is 14. The summed E-state index contributed by atoms with van der Waals surface area (Å²) < 4.78 is 0. The molecule has 3 fully saturated rings. The third kappa shape index (κ3) is 10.2. The molecule has 0 amide bonds. The fourth-order valence-electron chi connectivity index (χ4n) is 10.5. The Hall–Kier alpha value is -1.47. The molecule has 0 radical (unpaired) electrons. The number of likely N-dealkylation sites (tertiary alicyclic amines) is 3. The predicted octanol–water partition coefficient (Wildman–Crippen LogP) is 5.28. The molecule has 4 aliphatic rings. The summed E-state index contributed by atoms with van der Waals surface area (Å²) in [6, 6.07) is 0.742. The lowest BCUT2D eigenvalue weighted by molar-refractivity contribution is -0.0884. The van der Waals surface area contributed by atoms with Crippen LogP contribution in [-0.4, -0.2) is 130 Å². The Morgan fingerprint density at radius 1 is 0.673 bits per heavy atom. The molecule has 52 heavy (non-hydrogen) atoms. The number of nitrogens with one attached hydrogen (secondary N) is 4. The van der Waals surface area contributed by atoms with Gasteiger partial charge in [-0.15, -0.1) is 0 Å². The summed E-state index contributed by atoms with van der Waals surface area (Å²) in [7, 11) is 6.93. The molecular weight excluding hydrogens is 647 g/mol. The number of nitrogens with zero attached hydrogens (tertiary/aromatic N) is 6. The van der Waals surface area contributed by atoms with Gasteiger partial charge in [0.1, 0.15) is 11.7 Å². The third-order valence-electron chi connectivity index (χ3n) is 14.0. The van der Waals surface area contributed by atoms with E-state index in [1.165, 1.54) is 25.7 Å². The van der Waals surface area contributed by atoms with Gasteiger partial charge < -0.3 is 16.0 Å². The van der Waals surface area contributed by atoms with Crippen LogP contribution in [0.5, 0.6) is 0 Å². The van der Waals surface area contributed by atoms with Crippen LogP contribution < -0.4 is 27.3 Å². The highest BCUT2D eigenvalue weighted by Crippen LogP contribution is 2.45. The van der Waals surface area contributed by atoms with Gasteiger partial charge in [0, 0.05) is 77.6 Å². The van der Waals surface area contributed by atoms with Crippen molar-refractivity contribution in [2.75, 3.05) is 53.9 Å². The number of aliphatic imine (C=N–C) groups is 1. The average molecular weight is 730 g/mol. The zero-order chi connectivity index (χ0) is 38.9. The number of hydrogen-bond acceptors (Lipinski definition) is 10. The van der Waals surface area contributed by atoms with Crippen molar-refractivity contribution in [3.8, 4) is 0 Å². The van der Waals surface area contributed by atoms with Crippen molar-refractivity contribution in [3.63, 3.8) is 0 Å². The zero-order valence-electron chi connectivity index (χ0n) is 36.5. The van der Waals surface area contributed by atoms with E-state index in [0.717, 1.165) is 69.3 Å². The van der Waals surface area contributed by atoms with E-state index >= 15 is 0 Å². The molecule has 0 unspecified atom stereocenters. The molecule has 11 heteroatoms. The number of nitrogens with two attached hydrogens (primary N) is 1. The number of hydrogen-bond donors (Lipinski definition) is 5. The van der Waals surface area contributed by atoms with E-state index in [1.54, 1.807) is 0 Å². The Balaban J connectivity index is 1.56. The second-order valence-corrected chi connectivity index (χ2v) is 20.7. The Labute approximate surface area is 320 Å². The van der Waals surface area contributed by atoms with Crippen molar-refractivity contribution in [2.24, 2.45) is 16.6 Å². The maximum absolute atomic E-state index is 5.74. The van der Waals surface area contributed by atoms with Crippen LogP contribution >= 0.6 is 0 Å². The molecule has 0 aliphatic carbocycles. The number of hydrazine groups is 3. The number of amidine groups is 1. The van der Waals surface area contributed by atoms with E-state index in [1.807, 2.05) is 5.23 Å². The molecule has 0 aromatic carbocycles. The highest BCUT2D eigenvalue weighted by Gasteiger charge is 2.51. The van der Waals surface area contributed by atoms with Crippen molar-refractivity contribution in [1.29, 1.82) is 0 Å². The molecule has 0 bridgehead atoms. The molecule has 4 heterocycles. The minimum atomic E-state index is 0.0658. The minimum absolute atomic E-state index is 0.0658. The summed E-state index contributed by atoms with van der Waals surface area (Å²) in [6.45, 7) is 32.9. The lowest BCUT2D eigenvalue weighted by Gasteiger charge is -2.61. The maximum atomic E-state index is 5.74. The molecule has 11 nitrogen and oxygen atoms in total. The van der Waals surface area contributed by atoms with E-state index in [4.69, 9.17) is 10.7 Å². The Morgan fingerprint density at radius 2 is 1.13 bits per heavy atom. The predicted molar refractivity (Wildman–Crippen MR) is 221 cm³/mol. The van der Waals surface area contributed by atoms with Gasteiger partial charge in [-0.05, 0) is 155 Å². The lowest BCUT2D eigenvalue weighted by Crippen LogP contribution is -2.69. The molecule has 302 valence electrons. The van der Waals surface area contributed by atoms with Gasteiger partial charge in [-0.2, -0.15) is 0 Å². The van der Waals surface area contributed by atoms with Gasteiger partial charge in [0.25, 0.3) is 0 Å². The van der Waals surface area contributed by atoms with Crippen molar-refractivity contribution in [1.82, 2.24) is 46.4 Å². The van der Waals surface area contributed by atoms with Crippen molar-refractivity contribution in [2.45, 2.75) is 186 Å². The van der Waals surface area contributed by atoms with Gasteiger partial charge in [-0.3, -0.25) is 30.5 Å². The molecule has 0 atom stereocenters. The van der Waals surface area contributed by atoms with Gasteiger partial charge in [-0.25, -0.2) is 5.43 Å². The Kier molecular flexibility index (Phi) is 13.6. The lowest BCUT2D eigenvalue weighted by atomic mass is 9.72. The fourth-order valence-corrected chi connectivity index (χ4v) is 10.5. The molecule has 4 aliphatic heterocycles. The Bertz CT molecular complexity index is 1140. The number of unbranched alkanes of at least 4 members (excludes halogenated alkanes) is 1. The summed E-state index contributed by atoms with van der Waals surface area (Å²) in [5, 5.41) is 5.40. The third-order valence-corrected chi connectivity index (χ3v) is 14.0. The Morgan fingerprint density at radius 3 is 1.60 bits per heavy atom. The standard InChI is InChI=1S/C41H83N11/c1-36(2)25-31(26-37(3,4)48(36)13)18-16-17-20-45-52-46-34(44-23-22-43-21-19-42)24-35(47-52)51(32-27-38(5,6)49(14)39(7,8)28-32)33-29-40(9,10)50(15)41(11,12)30-33/h24,31-33,43,45,47H,16-23,25-30,42H2,1-15H3,(H,44,46). The summed E-state index contributed by atoms with van der Waals surface area (Å²) >= 11 is 0. The number of piperidine rings is 3. The molecule has 0 aromatic heterocycles. The zero-order valence-corrected chi connectivity index (χ0v) is 36.5. The van der Waals surface area contributed by atoms with Crippen LogP contribution in [0.4, 0.5) is 0 Å². The second kappa shape index (κ2) is 16.3. The van der Waals surface area contributed by atoms with E-state index in [-0.39, 0.29) is 33.2 Å². The first-order valence-corrected chi connectivity index (χ1v) is 20.7. The molecule has 0 saturated carbocycles. The van der Waals surface area contributed by atoms with Gasteiger partial charge >= 0.3 is 0 Å². The fraction of sp³-hybridized carbons (Fsp3) is 0.927. The second-order valence-electron chi connectivity index (χ2n) is 20.7. The SMILES string of the molecule is CN1C(C)(C)CC(CCCCNN2NC(N(C3CC(C)(C)N(C)C(C)(C)C3)C3CC(C)(C)N(C)C(C)(C)C3)=CC(=NCCNCCN)N2)CC1(C)C. The van der Waals surface area contributed by atoms with E-state index in [9.17, 15) is 0 Å². The van der Waals surface area contributed by atoms with E-state index in [2.05, 4.69) is 151 Å². The van der Waals surface area contributed by atoms with E-state index < -0.39 is 0 Å². The molecular formula is C41H83N11. The van der Waals surface area contributed by atoms with Crippen LogP contribution in [0.25, 0.3) is 0 Å². The van der Waals surface area contributed by atoms with Crippen LogP contribution in [0.15, 0.2) is 16.9 Å². The van der Waals surface area contributed by atoms with Crippen LogP contribution in [0.2, 0.25) is 0 Å². The van der Waals surface area contributed by atoms with Crippen LogP contribution in [0.1, 0.15) is 141 Å². The quantitative estimate of drug-likeness (QED) is 0.152. The normalized spacial score (nSPS) is 28.0. The molecule has 3 saturated heterocycles. The van der Waals surface area contributed by atoms with Gasteiger partial charge in [-0.1, -0.05) is 18.1 Å². The van der Waals surface area contributed by atoms with Gasteiger partial charge in [0.2, 0.25) is 0 Å². The molecule has 0 spiro atoms.